The second-order valence-electron chi connectivity index (χ2n) is 9.42. The third kappa shape index (κ3) is 5.68. The van der Waals surface area contributed by atoms with E-state index in [9.17, 15) is 10.1 Å². The molecule has 0 aliphatic carbocycles. The number of nitrogens with zero attached hydrogens (tertiary/aromatic N) is 3. The lowest BCUT2D eigenvalue weighted by Gasteiger charge is -2.17. The van der Waals surface area contributed by atoms with Gasteiger partial charge < -0.3 is 23.9 Å². The highest BCUT2D eigenvalue weighted by molar-refractivity contribution is 6.76. The fraction of sp³-hybridized carbons (Fsp3) is 0.409. The molecule has 2 aromatic rings. The first-order valence-corrected chi connectivity index (χ1v) is 14.2. The van der Waals surface area contributed by atoms with Crippen LogP contribution in [-0.4, -0.2) is 42.9 Å². The van der Waals surface area contributed by atoms with Gasteiger partial charge in [0.2, 0.25) is 5.82 Å². The van der Waals surface area contributed by atoms with Crippen molar-refractivity contribution in [1.29, 1.82) is 5.26 Å². The molecule has 1 aliphatic rings. The van der Waals surface area contributed by atoms with Crippen molar-refractivity contribution in [3.63, 3.8) is 0 Å². The minimum Gasteiger partial charge on any atom is -0.534 e. The van der Waals surface area contributed by atoms with Gasteiger partial charge in [0.1, 0.15) is 18.4 Å². The molecule has 1 aliphatic heterocycles. The van der Waals surface area contributed by atoms with E-state index >= 15 is 0 Å². The molecule has 0 unspecified atom stereocenters. The molecule has 0 radical (unpaired) electrons. The van der Waals surface area contributed by atoms with Crippen molar-refractivity contribution in [1.82, 2.24) is 9.55 Å². The van der Waals surface area contributed by atoms with Crippen LogP contribution in [0.25, 0.3) is 0 Å². The Labute approximate surface area is 190 Å². The van der Waals surface area contributed by atoms with Crippen LogP contribution in [0.15, 0.2) is 42.8 Å². The van der Waals surface area contributed by atoms with Gasteiger partial charge >= 0.3 is 7.12 Å². The van der Waals surface area contributed by atoms with Gasteiger partial charge in [-0.05, 0) is 26.0 Å². The van der Waals surface area contributed by atoms with Gasteiger partial charge in [-0.15, -0.1) is 0 Å². The minimum atomic E-state index is -1.23. The van der Waals surface area contributed by atoms with Crippen LogP contribution in [-0.2, 0) is 20.8 Å². The van der Waals surface area contributed by atoms with Crippen LogP contribution in [0.5, 0.6) is 0 Å². The molecule has 10 heteroatoms. The summed E-state index contributed by atoms with van der Waals surface area (Å²) in [5, 5.41) is 12.1. The van der Waals surface area contributed by atoms with E-state index in [1.165, 1.54) is 6.20 Å². The van der Waals surface area contributed by atoms with Crippen molar-refractivity contribution >= 4 is 32.2 Å². The molecule has 1 aromatic heterocycles. The van der Waals surface area contributed by atoms with Gasteiger partial charge in [-0.3, -0.25) is 4.79 Å². The minimum absolute atomic E-state index is 0.0994. The Bertz CT molecular complexity index is 1050. The molecular formula is C22H29BN4O4Si. The third-order valence-corrected chi connectivity index (χ3v) is 6.81. The maximum absolute atomic E-state index is 13.1. The quantitative estimate of drug-likeness (QED) is 0.487. The monoisotopic (exact) mass is 452 g/mol. The Morgan fingerprint density at radius 1 is 1.38 bits per heavy atom. The molecule has 1 saturated heterocycles. The molecule has 8 nitrogen and oxygen atoms in total. The van der Waals surface area contributed by atoms with Crippen LogP contribution >= 0.6 is 0 Å². The van der Waals surface area contributed by atoms with Gasteiger partial charge in [0.25, 0.3) is 5.91 Å². The van der Waals surface area contributed by atoms with Crippen molar-refractivity contribution in [2.24, 2.45) is 0 Å². The van der Waals surface area contributed by atoms with Gasteiger partial charge in [-0.1, -0.05) is 44.4 Å². The number of hydrogen-bond donors (Lipinski definition) is 1. The number of carbonyl (C=O) groups is 1. The first kappa shape index (κ1) is 23.8. The summed E-state index contributed by atoms with van der Waals surface area (Å²) in [7, 11) is -1.92. The van der Waals surface area contributed by atoms with E-state index in [1.54, 1.807) is 16.7 Å². The Morgan fingerprint density at radius 3 is 2.72 bits per heavy atom. The van der Waals surface area contributed by atoms with Crippen molar-refractivity contribution in [3.8, 4) is 6.07 Å². The van der Waals surface area contributed by atoms with Gasteiger partial charge in [-0.25, -0.2) is 4.98 Å². The van der Waals surface area contributed by atoms with Crippen LogP contribution < -0.4 is 10.8 Å². The summed E-state index contributed by atoms with van der Waals surface area (Å²) in [6, 6.07) is 10.2. The summed E-state index contributed by atoms with van der Waals surface area (Å²) in [5.41, 5.74) is 0.712. The molecule has 0 spiro atoms. The fourth-order valence-corrected chi connectivity index (χ4v) is 3.80. The molecule has 3 rings (SSSR count). The molecule has 1 aromatic carbocycles. The van der Waals surface area contributed by atoms with Crippen LogP contribution in [0.4, 0.5) is 5.69 Å². The van der Waals surface area contributed by atoms with Crippen LogP contribution in [0.3, 0.4) is 0 Å². The predicted octanol–water partition coefficient (Wildman–Crippen LogP) is 3.35. The maximum Gasteiger partial charge on any atom is 0.565 e. The second-order valence-corrected chi connectivity index (χ2v) is 15.0. The molecule has 1 fully saturated rings. The topological polar surface area (TPSA) is 98.4 Å². The number of aromatic nitrogens is 2. The van der Waals surface area contributed by atoms with Crippen molar-refractivity contribution in [3.05, 3.63) is 54.3 Å². The Morgan fingerprint density at radius 2 is 2.09 bits per heavy atom. The lowest BCUT2D eigenvalue weighted by atomic mass is 9.78. The molecule has 2 heterocycles. The molecule has 1 N–H and O–H groups in total. The van der Waals surface area contributed by atoms with Crippen molar-refractivity contribution < 1.29 is 18.8 Å². The lowest BCUT2D eigenvalue weighted by Crippen LogP contribution is -2.37. The van der Waals surface area contributed by atoms with E-state index in [0.29, 0.717) is 23.5 Å². The highest BCUT2D eigenvalue weighted by Gasteiger charge is 2.44. The largest absolute Gasteiger partial charge is 0.565 e. The lowest BCUT2D eigenvalue weighted by molar-refractivity contribution is 0.0808. The molecule has 1 amide bonds. The molecule has 0 saturated carbocycles. The van der Waals surface area contributed by atoms with Crippen LogP contribution in [0.1, 0.15) is 30.2 Å². The molecule has 32 heavy (non-hydrogen) atoms. The summed E-state index contributed by atoms with van der Waals surface area (Å²) < 4.78 is 19.0. The average Bonchev–Trinajstić information content (AvgIpc) is 3.25. The summed E-state index contributed by atoms with van der Waals surface area (Å²) in [6.45, 7) is 15.2. The van der Waals surface area contributed by atoms with E-state index in [1.807, 2.05) is 32.0 Å². The van der Waals surface area contributed by atoms with Crippen LogP contribution in [0.2, 0.25) is 25.7 Å². The normalized spacial score (nSPS) is 15.4. The summed E-state index contributed by atoms with van der Waals surface area (Å²) in [6.07, 6.45) is 1.52. The number of benzene rings is 1. The third-order valence-electron chi connectivity index (χ3n) is 5.11. The Kier molecular flexibility index (Phi) is 6.93. The zero-order valence-corrected chi connectivity index (χ0v) is 20.3. The van der Waals surface area contributed by atoms with Gasteiger partial charge in [0.05, 0.1) is 5.76 Å². The number of imidazole rings is 1. The number of para-hydroxylation sites is 1. The number of hydrogen-bond acceptors (Lipinski definition) is 6. The van der Waals surface area contributed by atoms with Gasteiger partial charge in [0, 0.05) is 32.0 Å². The SMILES string of the molecule is C=C1OB(c2ccccc2NC(=O)c2nc(C#N)cn2COCC[Si](C)(C)C)OC1(C)C. The van der Waals surface area contributed by atoms with Gasteiger partial charge in [0.15, 0.2) is 5.69 Å². The number of rotatable bonds is 8. The molecular weight excluding hydrogens is 423 g/mol. The number of anilines is 1. The van der Waals surface area contributed by atoms with E-state index < -0.39 is 26.7 Å². The first-order valence-electron chi connectivity index (χ1n) is 10.5. The van der Waals surface area contributed by atoms with E-state index in [2.05, 4.69) is 36.5 Å². The second kappa shape index (κ2) is 9.32. The van der Waals surface area contributed by atoms with Crippen molar-refractivity contribution in [2.45, 2.75) is 51.9 Å². The standard InChI is InChI=1S/C22H29BN4O4Si/c1-16-22(2,3)31-23(30-16)18-9-7-8-10-19(18)26-21(28)20-25-17(13-24)14-27(20)15-29-11-12-32(4,5)6/h7-10,14H,1,11-12,15H2,2-6H3,(H,26,28). The highest BCUT2D eigenvalue weighted by atomic mass is 28.3. The first-order chi connectivity index (χ1) is 15.0. The van der Waals surface area contributed by atoms with E-state index in [0.717, 1.165) is 6.04 Å². The smallest absolute Gasteiger partial charge is 0.534 e. The maximum atomic E-state index is 13.1. The number of nitrogens with one attached hydrogen (secondary N) is 1. The molecule has 0 atom stereocenters. The highest BCUT2D eigenvalue weighted by Crippen LogP contribution is 2.30. The number of carbonyl (C=O) groups excluding carboxylic acids is 1. The summed E-state index contributed by atoms with van der Waals surface area (Å²) in [4.78, 5) is 17.2. The molecule has 168 valence electrons. The van der Waals surface area contributed by atoms with Crippen LogP contribution in [0, 0.1) is 11.3 Å². The fourth-order valence-electron chi connectivity index (χ4n) is 3.04. The zero-order chi connectivity index (χ0) is 23.5. The number of amides is 1. The van der Waals surface area contributed by atoms with E-state index in [4.69, 9.17) is 14.0 Å². The predicted molar refractivity (Wildman–Crippen MR) is 126 cm³/mol. The van der Waals surface area contributed by atoms with Gasteiger partial charge in [-0.2, -0.15) is 5.26 Å². The number of ether oxygens (including phenoxy) is 1. The zero-order valence-electron chi connectivity index (χ0n) is 19.3. The Balaban J connectivity index is 1.76. The average molecular weight is 452 g/mol. The van der Waals surface area contributed by atoms with E-state index in [-0.39, 0.29) is 18.2 Å². The summed E-state index contributed by atoms with van der Waals surface area (Å²) >= 11 is 0. The Hall–Kier alpha value is -2.87. The number of nitriles is 1. The summed E-state index contributed by atoms with van der Waals surface area (Å²) in [5.74, 6) is 0.166. The molecule has 0 bridgehead atoms. The van der Waals surface area contributed by atoms with Crippen molar-refractivity contribution in [2.75, 3.05) is 11.9 Å².